The number of nitrogen functional groups attached to an aromatic ring is 1. The van der Waals surface area contributed by atoms with Crippen LogP contribution in [0.4, 0.5) is 5.69 Å². The Morgan fingerprint density at radius 2 is 1.90 bits per heavy atom. The monoisotopic (exact) mass is 288 g/mol. The first-order valence-electron chi connectivity index (χ1n) is 6.35. The van der Waals surface area contributed by atoms with Crippen molar-refractivity contribution in [1.29, 1.82) is 0 Å². The number of esters is 1. The molecule has 0 aliphatic rings. The van der Waals surface area contributed by atoms with Crippen LogP contribution >= 0.6 is 0 Å². The first-order valence-corrected chi connectivity index (χ1v) is 6.35. The van der Waals surface area contributed by atoms with E-state index in [2.05, 4.69) is 10.1 Å². The van der Waals surface area contributed by atoms with Crippen molar-refractivity contribution >= 4 is 28.3 Å². The Kier molecular flexibility index (Phi) is 4.39. The molecule has 0 unspecified atom stereocenters. The maximum absolute atomic E-state index is 12.3. The van der Waals surface area contributed by atoms with Gasteiger partial charge in [-0.15, -0.1) is 0 Å². The molecule has 0 fully saturated rings. The van der Waals surface area contributed by atoms with Crippen molar-refractivity contribution in [2.24, 2.45) is 0 Å². The molecule has 0 bridgehead atoms. The molecule has 6 nitrogen and oxygen atoms in total. The highest BCUT2D eigenvalue weighted by molar-refractivity contribution is 6.10. The molecule has 0 saturated heterocycles. The van der Waals surface area contributed by atoms with Crippen LogP contribution in [-0.4, -0.2) is 36.7 Å². The predicted octanol–water partition coefficient (Wildman–Crippen LogP) is 0.686. The number of ether oxygens (including phenoxy) is 1. The quantitative estimate of drug-likeness (QED) is 0.567. The highest BCUT2D eigenvalue weighted by Gasteiger charge is 2.22. The predicted molar refractivity (Wildman–Crippen MR) is 78.7 cm³/mol. The Balaban J connectivity index is 2.36. The van der Waals surface area contributed by atoms with Gasteiger partial charge in [0.25, 0.3) is 5.91 Å². The topological polar surface area (TPSA) is 102 Å². The molecule has 21 heavy (non-hydrogen) atoms. The molecule has 2 aromatic carbocycles. The Hall–Kier alpha value is -2.60. The zero-order valence-electron chi connectivity index (χ0n) is 11.5. The van der Waals surface area contributed by atoms with Gasteiger partial charge in [-0.25, -0.2) is 4.79 Å². The highest BCUT2D eigenvalue weighted by Crippen LogP contribution is 2.24. The molecular formula is C15H16N2O4. The van der Waals surface area contributed by atoms with Gasteiger partial charge in [-0.3, -0.25) is 4.79 Å². The first-order chi connectivity index (χ1) is 10.1. The zero-order valence-corrected chi connectivity index (χ0v) is 11.5. The Morgan fingerprint density at radius 3 is 2.52 bits per heavy atom. The molecule has 1 amide bonds. The summed E-state index contributed by atoms with van der Waals surface area (Å²) in [7, 11) is 1.19. The van der Waals surface area contributed by atoms with E-state index in [9.17, 15) is 9.59 Å². The first kappa shape index (κ1) is 14.8. The lowest BCUT2D eigenvalue weighted by Gasteiger charge is -2.15. The number of hydrogen-bond acceptors (Lipinski definition) is 5. The van der Waals surface area contributed by atoms with Gasteiger partial charge in [0, 0.05) is 16.6 Å². The number of methoxy groups -OCH3 is 1. The van der Waals surface area contributed by atoms with E-state index in [4.69, 9.17) is 10.8 Å². The number of fused-ring (bicyclic) bond motifs is 1. The van der Waals surface area contributed by atoms with E-state index in [1.807, 2.05) is 12.1 Å². The number of amides is 1. The van der Waals surface area contributed by atoms with Crippen molar-refractivity contribution in [1.82, 2.24) is 5.32 Å². The van der Waals surface area contributed by atoms with E-state index in [-0.39, 0.29) is 0 Å². The van der Waals surface area contributed by atoms with E-state index in [0.717, 1.165) is 5.39 Å². The molecule has 2 aromatic rings. The van der Waals surface area contributed by atoms with Gasteiger partial charge in [0.1, 0.15) is 0 Å². The minimum Gasteiger partial charge on any atom is -0.467 e. The Bertz CT molecular complexity index is 684. The van der Waals surface area contributed by atoms with E-state index >= 15 is 0 Å². The minimum absolute atomic E-state index is 0.377. The molecular weight excluding hydrogens is 272 g/mol. The fourth-order valence-corrected chi connectivity index (χ4v) is 2.08. The summed E-state index contributed by atoms with van der Waals surface area (Å²) in [5.41, 5.74) is 6.82. The minimum atomic E-state index is -1.10. The fourth-order valence-electron chi connectivity index (χ4n) is 2.08. The Morgan fingerprint density at radius 1 is 1.24 bits per heavy atom. The number of anilines is 1. The van der Waals surface area contributed by atoms with Crippen LogP contribution in [0.25, 0.3) is 10.8 Å². The molecule has 110 valence electrons. The van der Waals surface area contributed by atoms with Gasteiger partial charge in [-0.2, -0.15) is 0 Å². The average molecular weight is 288 g/mol. The molecule has 2 rings (SSSR count). The van der Waals surface area contributed by atoms with Crippen LogP contribution in [0.5, 0.6) is 0 Å². The number of aliphatic hydroxyl groups excluding tert-OH is 1. The summed E-state index contributed by atoms with van der Waals surface area (Å²) in [6, 6.07) is 9.31. The third-order valence-corrected chi connectivity index (χ3v) is 3.18. The number of carbonyl (C=O) groups excluding carboxylic acids is 2. The van der Waals surface area contributed by atoms with Crippen LogP contribution in [-0.2, 0) is 9.53 Å². The summed E-state index contributed by atoms with van der Waals surface area (Å²) >= 11 is 0. The SMILES string of the molecule is COC(=O)[C@@H](CO)NC(=O)c1ccc(N)c2ccccc12. The van der Waals surface area contributed by atoms with Gasteiger partial charge in [-0.05, 0) is 17.5 Å². The second-order valence-corrected chi connectivity index (χ2v) is 4.48. The summed E-state index contributed by atoms with van der Waals surface area (Å²) in [5.74, 6) is -1.18. The van der Waals surface area contributed by atoms with Crippen molar-refractivity contribution in [2.75, 3.05) is 19.5 Å². The lowest BCUT2D eigenvalue weighted by Crippen LogP contribution is -2.44. The molecule has 0 saturated carbocycles. The number of carbonyl (C=O) groups is 2. The van der Waals surface area contributed by atoms with Gasteiger partial charge in [0.05, 0.1) is 13.7 Å². The maximum Gasteiger partial charge on any atom is 0.330 e. The van der Waals surface area contributed by atoms with Crippen molar-refractivity contribution in [2.45, 2.75) is 6.04 Å². The van der Waals surface area contributed by atoms with E-state index in [1.165, 1.54) is 7.11 Å². The standard InChI is InChI=1S/C15H16N2O4/c1-21-15(20)13(8-18)17-14(19)11-6-7-12(16)10-5-3-2-4-9(10)11/h2-7,13,18H,8,16H2,1H3,(H,17,19)/t13-/m1/s1. The summed E-state index contributed by atoms with van der Waals surface area (Å²) in [6.07, 6.45) is 0. The van der Waals surface area contributed by atoms with Crippen molar-refractivity contribution in [3.05, 3.63) is 42.0 Å². The smallest absolute Gasteiger partial charge is 0.330 e. The van der Waals surface area contributed by atoms with Crippen LogP contribution in [0.1, 0.15) is 10.4 Å². The third-order valence-electron chi connectivity index (χ3n) is 3.18. The molecule has 1 atom stereocenters. The number of benzene rings is 2. The summed E-state index contributed by atoms with van der Waals surface area (Å²) in [4.78, 5) is 23.7. The lowest BCUT2D eigenvalue weighted by molar-refractivity contribution is -0.143. The lowest BCUT2D eigenvalue weighted by atomic mass is 10.0. The van der Waals surface area contributed by atoms with Crippen molar-refractivity contribution in [3.8, 4) is 0 Å². The van der Waals surface area contributed by atoms with Gasteiger partial charge in [0.2, 0.25) is 0 Å². The number of aliphatic hydroxyl groups is 1. The summed E-state index contributed by atoms with van der Waals surface area (Å²) in [6.45, 7) is -0.536. The van der Waals surface area contributed by atoms with Crippen LogP contribution in [0.15, 0.2) is 36.4 Å². The van der Waals surface area contributed by atoms with Gasteiger partial charge in [0.15, 0.2) is 6.04 Å². The Labute approximate surface area is 121 Å². The van der Waals surface area contributed by atoms with Crippen LogP contribution < -0.4 is 11.1 Å². The number of hydrogen-bond donors (Lipinski definition) is 3. The molecule has 0 radical (unpaired) electrons. The van der Waals surface area contributed by atoms with Crippen LogP contribution in [0.2, 0.25) is 0 Å². The van der Waals surface area contributed by atoms with Crippen molar-refractivity contribution < 1.29 is 19.4 Å². The largest absolute Gasteiger partial charge is 0.467 e. The average Bonchev–Trinajstić information content (AvgIpc) is 2.52. The molecule has 4 N–H and O–H groups in total. The second-order valence-electron chi connectivity index (χ2n) is 4.48. The van der Waals surface area contributed by atoms with Crippen LogP contribution in [0, 0.1) is 0 Å². The third kappa shape index (κ3) is 2.95. The zero-order chi connectivity index (χ0) is 15.4. The normalized spacial score (nSPS) is 11.9. The van der Waals surface area contributed by atoms with Gasteiger partial charge < -0.3 is 20.9 Å². The molecule has 0 spiro atoms. The van der Waals surface area contributed by atoms with E-state index in [0.29, 0.717) is 16.6 Å². The van der Waals surface area contributed by atoms with E-state index in [1.54, 1.807) is 24.3 Å². The van der Waals surface area contributed by atoms with Crippen molar-refractivity contribution in [3.63, 3.8) is 0 Å². The van der Waals surface area contributed by atoms with Crippen LogP contribution in [0.3, 0.4) is 0 Å². The second kappa shape index (κ2) is 6.23. The molecule has 0 aliphatic heterocycles. The molecule has 0 heterocycles. The van der Waals surface area contributed by atoms with Gasteiger partial charge >= 0.3 is 5.97 Å². The van der Waals surface area contributed by atoms with E-state index < -0.39 is 24.5 Å². The van der Waals surface area contributed by atoms with Gasteiger partial charge in [-0.1, -0.05) is 24.3 Å². The number of nitrogens with two attached hydrogens (primary N) is 1. The molecule has 0 aromatic heterocycles. The summed E-state index contributed by atoms with van der Waals surface area (Å²) in [5, 5.41) is 13.0. The summed E-state index contributed by atoms with van der Waals surface area (Å²) < 4.78 is 4.51. The number of rotatable bonds is 4. The maximum atomic E-state index is 12.3. The molecule has 0 aliphatic carbocycles. The fraction of sp³-hybridized carbons (Fsp3) is 0.200. The number of nitrogens with one attached hydrogen (secondary N) is 1. The highest BCUT2D eigenvalue weighted by atomic mass is 16.5. The molecule has 6 heteroatoms.